The summed E-state index contributed by atoms with van der Waals surface area (Å²) in [4.78, 5) is 11.7. The Morgan fingerprint density at radius 3 is 3.06 bits per heavy atom. The van der Waals surface area contributed by atoms with Gasteiger partial charge in [0, 0.05) is 45.7 Å². The molecule has 0 saturated carbocycles. The lowest BCUT2D eigenvalue weighted by Crippen LogP contribution is -2.46. The zero-order valence-electron chi connectivity index (χ0n) is 11.2. The van der Waals surface area contributed by atoms with Crippen molar-refractivity contribution in [1.82, 2.24) is 10.6 Å². The van der Waals surface area contributed by atoms with E-state index >= 15 is 0 Å². The fraction of sp³-hybridized carbons (Fsp3) is 0.917. The molecule has 6 heteroatoms. The van der Waals surface area contributed by atoms with Crippen LogP contribution in [0.1, 0.15) is 19.8 Å². The Kier molecular flexibility index (Phi) is 6.56. The second-order valence-electron chi connectivity index (χ2n) is 4.95. The number of methoxy groups -OCH3 is 1. The fourth-order valence-electron chi connectivity index (χ4n) is 1.75. The monoisotopic (exact) mass is 260 g/mol. The topological polar surface area (TPSA) is 79.8 Å². The molecule has 0 spiro atoms. The summed E-state index contributed by atoms with van der Waals surface area (Å²) in [5, 5.41) is 15.9. The first-order chi connectivity index (χ1) is 8.53. The van der Waals surface area contributed by atoms with Crippen LogP contribution in [-0.4, -0.2) is 62.7 Å². The molecule has 1 aliphatic heterocycles. The Balaban J connectivity index is 2.19. The number of amides is 1. The number of ether oxygens (including phenoxy) is 2. The highest BCUT2D eigenvalue weighted by Gasteiger charge is 2.22. The van der Waals surface area contributed by atoms with Gasteiger partial charge in [0.05, 0.1) is 18.8 Å². The van der Waals surface area contributed by atoms with Crippen LogP contribution in [0, 0.1) is 0 Å². The zero-order chi connectivity index (χ0) is 13.4. The van der Waals surface area contributed by atoms with Crippen molar-refractivity contribution >= 4 is 5.91 Å². The van der Waals surface area contributed by atoms with Crippen LogP contribution in [0.5, 0.6) is 0 Å². The van der Waals surface area contributed by atoms with Crippen molar-refractivity contribution in [3.63, 3.8) is 0 Å². The Hall–Kier alpha value is -0.690. The van der Waals surface area contributed by atoms with Gasteiger partial charge >= 0.3 is 0 Å². The van der Waals surface area contributed by atoms with E-state index in [4.69, 9.17) is 9.47 Å². The van der Waals surface area contributed by atoms with Crippen LogP contribution >= 0.6 is 0 Å². The Morgan fingerprint density at radius 2 is 2.44 bits per heavy atom. The molecule has 1 saturated heterocycles. The minimum Gasteiger partial charge on any atom is -0.388 e. The molecule has 1 rings (SSSR count). The molecule has 0 aromatic heterocycles. The number of nitrogens with one attached hydrogen (secondary N) is 2. The van der Waals surface area contributed by atoms with Crippen LogP contribution in [0.2, 0.25) is 0 Å². The maximum Gasteiger partial charge on any atom is 0.221 e. The van der Waals surface area contributed by atoms with E-state index < -0.39 is 5.60 Å². The lowest BCUT2D eigenvalue weighted by Gasteiger charge is -2.25. The minimum absolute atomic E-state index is 0.0719. The van der Waals surface area contributed by atoms with Crippen LogP contribution in [0.3, 0.4) is 0 Å². The molecule has 0 aliphatic carbocycles. The number of hydrogen-bond acceptors (Lipinski definition) is 5. The van der Waals surface area contributed by atoms with Gasteiger partial charge < -0.3 is 25.2 Å². The van der Waals surface area contributed by atoms with Crippen molar-refractivity contribution in [3.05, 3.63) is 0 Å². The number of carbonyl (C=O) groups is 1. The second kappa shape index (κ2) is 7.68. The largest absolute Gasteiger partial charge is 0.388 e. The van der Waals surface area contributed by atoms with E-state index in [9.17, 15) is 9.90 Å². The average Bonchev–Trinajstić information content (AvgIpc) is 2.36. The van der Waals surface area contributed by atoms with Crippen LogP contribution in [-0.2, 0) is 14.3 Å². The molecule has 18 heavy (non-hydrogen) atoms. The number of carbonyl (C=O) groups excluding carboxylic acids is 1. The fourth-order valence-corrected chi connectivity index (χ4v) is 1.75. The second-order valence-corrected chi connectivity index (χ2v) is 4.95. The molecule has 2 atom stereocenters. The van der Waals surface area contributed by atoms with Gasteiger partial charge in [0.25, 0.3) is 0 Å². The summed E-state index contributed by atoms with van der Waals surface area (Å²) in [5.41, 5.74) is -0.928. The highest BCUT2D eigenvalue weighted by atomic mass is 16.5. The lowest BCUT2D eigenvalue weighted by atomic mass is 10.0. The first kappa shape index (κ1) is 15.4. The van der Waals surface area contributed by atoms with Crippen molar-refractivity contribution in [1.29, 1.82) is 0 Å². The number of morpholine rings is 1. The molecule has 2 unspecified atom stereocenters. The average molecular weight is 260 g/mol. The zero-order valence-corrected chi connectivity index (χ0v) is 11.2. The highest BCUT2D eigenvalue weighted by Crippen LogP contribution is 2.07. The molecular weight excluding hydrogens is 236 g/mol. The Morgan fingerprint density at radius 1 is 1.67 bits per heavy atom. The van der Waals surface area contributed by atoms with Gasteiger partial charge in [0.2, 0.25) is 5.91 Å². The SMILES string of the molecule is COCCC(C)(O)CNC(=O)CC1COCCN1. The third kappa shape index (κ3) is 6.30. The molecular formula is C12H24N2O4. The summed E-state index contributed by atoms with van der Waals surface area (Å²) in [6.07, 6.45) is 0.870. The molecule has 0 aromatic rings. The summed E-state index contributed by atoms with van der Waals surface area (Å²) in [6.45, 7) is 4.44. The van der Waals surface area contributed by atoms with Crippen LogP contribution in [0.4, 0.5) is 0 Å². The molecule has 0 bridgehead atoms. The number of rotatable bonds is 7. The summed E-state index contributed by atoms with van der Waals surface area (Å²) < 4.78 is 10.2. The van der Waals surface area contributed by atoms with E-state index in [1.54, 1.807) is 14.0 Å². The number of aliphatic hydroxyl groups is 1. The lowest BCUT2D eigenvalue weighted by molar-refractivity contribution is -0.123. The molecule has 0 radical (unpaired) electrons. The summed E-state index contributed by atoms with van der Waals surface area (Å²) in [5.74, 6) is -0.0734. The standard InChI is InChI=1S/C12H24N2O4/c1-12(16,3-5-17-2)9-14-11(15)7-10-8-18-6-4-13-10/h10,13,16H,3-9H2,1-2H3,(H,14,15). The molecule has 1 amide bonds. The van der Waals surface area contributed by atoms with Gasteiger partial charge in [-0.3, -0.25) is 4.79 Å². The van der Waals surface area contributed by atoms with Gasteiger partial charge in [0.1, 0.15) is 0 Å². The summed E-state index contributed by atoms with van der Waals surface area (Å²) >= 11 is 0. The molecule has 1 heterocycles. The smallest absolute Gasteiger partial charge is 0.221 e. The van der Waals surface area contributed by atoms with E-state index in [0.29, 0.717) is 32.7 Å². The predicted molar refractivity (Wildman–Crippen MR) is 67.4 cm³/mol. The molecule has 3 N–H and O–H groups in total. The molecule has 1 aliphatic rings. The van der Waals surface area contributed by atoms with E-state index in [2.05, 4.69) is 10.6 Å². The van der Waals surface area contributed by atoms with Gasteiger partial charge in [-0.25, -0.2) is 0 Å². The highest BCUT2D eigenvalue weighted by molar-refractivity contribution is 5.76. The quantitative estimate of drug-likeness (QED) is 0.562. The van der Waals surface area contributed by atoms with Crippen molar-refractivity contribution in [2.45, 2.75) is 31.4 Å². The molecule has 1 fully saturated rings. The Bertz CT molecular complexity index is 252. The van der Waals surface area contributed by atoms with Crippen molar-refractivity contribution in [3.8, 4) is 0 Å². The summed E-state index contributed by atoms with van der Waals surface area (Å²) in [6, 6.07) is 0.0719. The maximum atomic E-state index is 11.7. The molecule has 106 valence electrons. The van der Waals surface area contributed by atoms with Crippen molar-refractivity contribution in [2.24, 2.45) is 0 Å². The normalized spacial score (nSPS) is 23.4. The van der Waals surface area contributed by atoms with Gasteiger partial charge in [-0.15, -0.1) is 0 Å². The predicted octanol–water partition coefficient (Wildman–Crippen LogP) is -0.731. The molecule has 6 nitrogen and oxygen atoms in total. The third-order valence-corrected chi connectivity index (χ3v) is 2.94. The first-order valence-electron chi connectivity index (χ1n) is 6.32. The van der Waals surface area contributed by atoms with E-state index in [0.717, 1.165) is 6.54 Å². The van der Waals surface area contributed by atoms with Gasteiger partial charge in [-0.2, -0.15) is 0 Å². The molecule has 0 aromatic carbocycles. The van der Waals surface area contributed by atoms with E-state index in [1.807, 2.05) is 0 Å². The van der Waals surface area contributed by atoms with Gasteiger partial charge in [-0.1, -0.05) is 0 Å². The van der Waals surface area contributed by atoms with E-state index in [1.165, 1.54) is 0 Å². The first-order valence-corrected chi connectivity index (χ1v) is 6.32. The van der Waals surface area contributed by atoms with Crippen molar-refractivity contribution in [2.75, 3.05) is 40.0 Å². The van der Waals surface area contributed by atoms with Crippen molar-refractivity contribution < 1.29 is 19.4 Å². The van der Waals surface area contributed by atoms with Crippen LogP contribution < -0.4 is 10.6 Å². The Labute approximate surface area is 108 Å². The van der Waals surface area contributed by atoms with Crippen LogP contribution in [0.15, 0.2) is 0 Å². The maximum absolute atomic E-state index is 11.7. The number of hydrogen-bond donors (Lipinski definition) is 3. The van der Waals surface area contributed by atoms with E-state index in [-0.39, 0.29) is 18.5 Å². The minimum atomic E-state index is -0.928. The van der Waals surface area contributed by atoms with Gasteiger partial charge in [-0.05, 0) is 6.92 Å². The third-order valence-electron chi connectivity index (χ3n) is 2.94. The van der Waals surface area contributed by atoms with Gasteiger partial charge in [0.15, 0.2) is 0 Å². The summed E-state index contributed by atoms with van der Waals surface area (Å²) in [7, 11) is 1.59. The van der Waals surface area contributed by atoms with Crippen LogP contribution in [0.25, 0.3) is 0 Å².